The van der Waals surface area contributed by atoms with Crippen molar-refractivity contribution in [1.29, 1.82) is 0 Å². The van der Waals surface area contributed by atoms with Crippen molar-refractivity contribution in [3.05, 3.63) is 98.2 Å². The molecule has 0 unspecified atom stereocenters. The van der Waals surface area contributed by atoms with Crippen molar-refractivity contribution in [1.82, 2.24) is 19.4 Å². The molecule has 2 aliphatic heterocycles. The van der Waals surface area contributed by atoms with E-state index in [1.807, 2.05) is 24.0 Å². The lowest BCUT2D eigenvalue weighted by Gasteiger charge is -2.38. The maximum absolute atomic E-state index is 15.5. The Hall–Kier alpha value is -6.26. The lowest BCUT2D eigenvalue weighted by Crippen LogP contribution is -2.51. The smallest absolute Gasteiger partial charge is 0.341 e. The van der Waals surface area contributed by atoms with E-state index < -0.39 is 22.8 Å². The van der Waals surface area contributed by atoms with Crippen LogP contribution >= 0.6 is 11.6 Å². The number of carboxylic acids is 1. The molecule has 0 saturated carbocycles. The van der Waals surface area contributed by atoms with Gasteiger partial charge in [-0.25, -0.2) is 19.2 Å². The van der Waals surface area contributed by atoms with E-state index in [1.54, 1.807) is 39.9 Å². The van der Waals surface area contributed by atoms with Gasteiger partial charge in [0.25, 0.3) is 11.9 Å². The molecule has 0 radical (unpaired) electrons. The van der Waals surface area contributed by atoms with E-state index in [0.29, 0.717) is 89.4 Å². The first-order valence-corrected chi connectivity index (χ1v) is 18.0. The monoisotopic (exact) mass is 784 g/mol. The number of ether oxygens (including phenoxy) is 3. The number of amides is 1. The molecule has 4 heterocycles. The lowest BCUT2D eigenvalue weighted by molar-refractivity contribution is -0.112. The number of aromatic carboxylic acids is 1. The predicted octanol–water partition coefficient (Wildman–Crippen LogP) is 4.75. The van der Waals surface area contributed by atoms with Gasteiger partial charge in [-0.05, 0) is 55.0 Å². The minimum atomic E-state index is -1.36. The average Bonchev–Trinajstić information content (AvgIpc) is 3.43. The minimum absolute atomic E-state index is 0.00553. The third-order valence-electron chi connectivity index (χ3n) is 9.94. The Balaban J connectivity index is 1.09. The van der Waals surface area contributed by atoms with Crippen LogP contribution in [0.3, 0.4) is 0 Å². The number of carbonyl (C=O) groups is 2. The summed E-state index contributed by atoms with van der Waals surface area (Å²) < 4.78 is 33.5. The molecule has 5 aromatic rings. The molecule has 3 N–H and O–H groups in total. The standard InChI is InChI=1S/C39H38ClFN8O7/c1-5-47-19-26(38(52)53)34(50)25-16-27(41)30(17-29(25)47)48-10-8-46(9-11-48)20-49-28-7-6-23(40)15-24(28)33(37(49)51)44-39-43-18-22(36(42)45-39)12-21-13-31(54-2)35(56-4)32(14-21)55-3/h6-7,13-19H,5,8-12,20H2,1-4H3,(H,52,53)(H2,42,43,45)/b44-33-. The largest absolute Gasteiger partial charge is 0.493 e. The lowest BCUT2D eigenvalue weighted by atomic mass is 10.1. The molecule has 1 saturated heterocycles. The highest BCUT2D eigenvalue weighted by molar-refractivity contribution is 6.55. The van der Waals surface area contributed by atoms with Gasteiger partial charge < -0.3 is 34.5 Å². The van der Waals surface area contributed by atoms with Crippen molar-refractivity contribution in [3.8, 4) is 17.2 Å². The van der Waals surface area contributed by atoms with Crippen LogP contribution in [-0.2, 0) is 17.8 Å². The van der Waals surface area contributed by atoms with Gasteiger partial charge in [-0.15, -0.1) is 0 Å². The number of nitrogens with zero attached hydrogens (tertiary/aromatic N) is 7. The van der Waals surface area contributed by atoms with Crippen LogP contribution in [0.25, 0.3) is 10.9 Å². The predicted molar refractivity (Wildman–Crippen MR) is 210 cm³/mol. The number of aromatic nitrogens is 3. The van der Waals surface area contributed by atoms with Crippen LogP contribution in [0.5, 0.6) is 17.2 Å². The summed E-state index contributed by atoms with van der Waals surface area (Å²) in [6.07, 6.45) is 3.21. The van der Waals surface area contributed by atoms with E-state index in [9.17, 15) is 19.5 Å². The third-order valence-corrected chi connectivity index (χ3v) is 10.2. The molecule has 290 valence electrons. The van der Waals surface area contributed by atoms with E-state index >= 15 is 4.39 Å². The quantitative estimate of drug-likeness (QED) is 0.188. The Morgan fingerprint density at radius 1 is 1.00 bits per heavy atom. The van der Waals surface area contributed by atoms with Crippen LogP contribution in [0.4, 0.5) is 27.5 Å². The summed E-state index contributed by atoms with van der Waals surface area (Å²) in [5.74, 6) is -0.702. The number of hydrogen-bond donors (Lipinski definition) is 2. The molecule has 2 aliphatic rings. The molecule has 15 nitrogen and oxygen atoms in total. The summed E-state index contributed by atoms with van der Waals surface area (Å²) in [7, 11) is 4.60. The van der Waals surface area contributed by atoms with Gasteiger partial charge >= 0.3 is 5.97 Å². The van der Waals surface area contributed by atoms with Crippen molar-refractivity contribution in [3.63, 3.8) is 0 Å². The highest BCUT2D eigenvalue weighted by Crippen LogP contribution is 2.39. The van der Waals surface area contributed by atoms with E-state index in [2.05, 4.69) is 19.9 Å². The van der Waals surface area contributed by atoms with Crippen molar-refractivity contribution in [2.45, 2.75) is 19.9 Å². The summed E-state index contributed by atoms with van der Waals surface area (Å²) in [6.45, 7) is 4.27. The van der Waals surface area contributed by atoms with E-state index in [1.165, 1.54) is 27.5 Å². The minimum Gasteiger partial charge on any atom is -0.493 e. The van der Waals surface area contributed by atoms with Crippen LogP contribution in [0.2, 0.25) is 5.02 Å². The van der Waals surface area contributed by atoms with Crippen molar-refractivity contribution in [2.75, 3.05) is 69.7 Å². The number of pyridine rings is 1. The van der Waals surface area contributed by atoms with Gasteiger partial charge in [0, 0.05) is 73.1 Å². The molecule has 1 fully saturated rings. The van der Waals surface area contributed by atoms with Gasteiger partial charge in [0.15, 0.2) is 11.5 Å². The number of piperazine rings is 1. The second kappa shape index (κ2) is 15.5. The number of anilines is 3. The Kier molecular flexibility index (Phi) is 10.5. The molecule has 0 aliphatic carbocycles. The number of rotatable bonds is 11. The summed E-state index contributed by atoms with van der Waals surface area (Å²) in [5.41, 5.74) is 8.70. The van der Waals surface area contributed by atoms with Crippen LogP contribution in [0.15, 0.2) is 64.6 Å². The summed E-state index contributed by atoms with van der Waals surface area (Å²) >= 11 is 6.38. The highest BCUT2D eigenvalue weighted by atomic mass is 35.5. The zero-order chi connectivity index (χ0) is 39.8. The maximum atomic E-state index is 15.5. The fourth-order valence-corrected chi connectivity index (χ4v) is 7.25. The Morgan fingerprint density at radius 2 is 1.71 bits per heavy atom. The zero-order valence-corrected chi connectivity index (χ0v) is 31.8. The molecule has 0 spiro atoms. The summed E-state index contributed by atoms with van der Waals surface area (Å²) in [6, 6.07) is 11.5. The molecule has 56 heavy (non-hydrogen) atoms. The molecule has 17 heteroatoms. The number of carbonyl (C=O) groups excluding carboxylic acids is 1. The van der Waals surface area contributed by atoms with Crippen LogP contribution in [0, 0.1) is 5.82 Å². The summed E-state index contributed by atoms with van der Waals surface area (Å²) in [4.78, 5) is 57.4. The SMILES string of the molecule is CCn1cc(C(=O)O)c(=O)c2cc(F)c(N3CCN(CN4C(=O)/C(=N\c5ncc(Cc6cc(OC)c(OC)c(OC)c6)c(N)n5)c5cc(Cl)ccc54)CC3)cc21. The topological polar surface area (TPSA) is 178 Å². The number of aryl methyl sites for hydroxylation is 1. The summed E-state index contributed by atoms with van der Waals surface area (Å²) in [5, 5.41) is 9.92. The van der Waals surface area contributed by atoms with Crippen LogP contribution in [0.1, 0.15) is 34.0 Å². The normalized spacial score (nSPS) is 15.1. The number of fused-ring (bicyclic) bond motifs is 2. The first kappa shape index (κ1) is 38.0. The number of methoxy groups -OCH3 is 3. The number of nitrogen functional groups attached to an aromatic ring is 1. The number of hydrogen-bond acceptors (Lipinski definition) is 12. The maximum Gasteiger partial charge on any atom is 0.341 e. The van der Waals surface area contributed by atoms with Crippen molar-refractivity contribution >= 4 is 63.2 Å². The van der Waals surface area contributed by atoms with Gasteiger partial charge in [0.1, 0.15) is 22.9 Å². The fraction of sp³-hybridized carbons (Fsp3) is 0.282. The van der Waals surface area contributed by atoms with Crippen LogP contribution in [-0.4, -0.2) is 96.3 Å². The van der Waals surface area contributed by atoms with Crippen molar-refractivity contribution in [2.24, 2.45) is 4.99 Å². The average molecular weight is 785 g/mol. The molecular weight excluding hydrogens is 747 g/mol. The fourth-order valence-electron chi connectivity index (χ4n) is 7.08. The van der Waals surface area contributed by atoms with Crippen molar-refractivity contribution < 1.29 is 33.3 Å². The number of benzene rings is 3. The first-order valence-electron chi connectivity index (χ1n) is 17.6. The Morgan fingerprint density at radius 3 is 2.34 bits per heavy atom. The van der Waals surface area contributed by atoms with E-state index in [4.69, 9.17) is 31.5 Å². The molecule has 1 amide bonds. The first-order chi connectivity index (χ1) is 26.9. The molecule has 0 atom stereocenters. The van der Waals surface area contributed by atoms with E-state index in [-0.39, 0.29) is 35.4 Å². The molecular formula is C39H38ClFN8O7. The van der Waals surface area contributed by atoms with Crippen LogP contribution < -0.4 is 35.2 Å². The molecule has 3 aromatic carbocycles. The second-order valence-electron chi connectivity index (χ2n) is 13.2. The highest BCUT2D eigenvalue weighted by Gasteiger charge is 2.36. The van der Waals surface area contributed by atoms with Gasteiger partial charge in [-0.2, -0.15) is 4.98 Å². The van der Waals surface area contributed by atoms with Gasteiger partial charge in [-0.3, -0.25) is 19.4 Å². The zero-order valence-electron chi connectivity index (χ0n) is 31.0. The van der Waals surface area contributed by atoms with Gasteiger partial charge in [-0.1, -0.05) is 11.6 Å². The molecule has 2 aromatic heterocycles. The second-order valence-corrected chi connectivity index (χ2v) is 13.6. The number of halogens is 2. The molecule has 0 bridgehead atoms. The molecule has 7 rings (SSSR count). The van der Waals surface area contributed by atoms with Gasteiger partial charge in [0.2, 0.25) is 11.2 Å². The van der Waals surface area contributed by atoms with E-state index in [0.717, 1.165) is 11.6 Å². The Labute approximate surface area is 325 Å². The van der Waals surface area contributed by atoms with Gasteiger partial charge in [0.05, 0.1) is 44.9 Å². The third kappa shape index (κ3) is 7.04. The number of nitrogens with two attached hydrogens (primary N) is 1. The Bertz CT molecular complexity index is 2460. The number of carboxylic acid groups (broad SMARTS) is 1. The number of aliphatic imine (C=N–C) groups is 1.